The second-order valence-electron chi connectivity index (χ2n) is 10.4. The summed E-state index contributed by atoms with van der Waals surface area (Å²) < 4.78 is 12.0. The van der Waals surface area contributed by atoms with Gasteiger partial charge in [0.1, 0.15) is 11.4 Å². The van der Waals surface area contributed by atoms with Gasteiger partial charge < -0.3 is 14.4 Å². The molecular formula is C25H40N2O2. The third-order valence-corrected chi connectivity index (χ3v) is 6.72. The molecular weight excluding hydrogens is 360 g/mol. The molecule has 4 heteroatoms. The summed E-state index contributed by atoms with van der Waals surface area (Å²) in [6, 6.07) is 8.65. The molecule has 3 atom stereocenters. The molecule has 29 heavy (non-hydrogen) atoms. The fourth-order valence-electron chi connectivity index (χ4n) is 5.18. The fourth-order valence-corrected chi connectivity index (χ4v) is 5.18. The Hall–Kier alpha value is -1.10. The quantitative estimate of drug-likeness (QED) is 0.572. The summed E-state index contributed by atoms with van der Waals surface area (Å²) in [7, 11) is 0. The van der Waals surface area contributed by atoms with Gasteiger partial charge in [-0.3, -0.25) is 4.90 Å². The Morgan fingerprint density at radius 1 is 0.931 bits per heavy atom. The van der Waals surface area contributed by atoms with Crippen molar-refractivity contribution in [2.45, 2.75) is 58.6 Å². The Balaban J connectivity index is 1.08. The molecule has 2 heterocycles. The molecule has 1 aliphatic carbocycles. The average Bonchev–Trinajstić information content (AvgIpc) is 3.14. The Bertz CT molecular complexity index is 621. The number of piperidine rings is 2. The van der Waals surface area contributed by atoms with E-state index in [1.54, 1.807) is 0 Å². The monoisotopic (exact) mass is 400 g/mol. The number of likely N-dealkylation sites (tertiary alicyclic amines) is 2. The molecule has 0 radical (unpaired) electrons. The minimum Gasteiger partial charge on any atom is -0.488 e. The molecule has 3 aliphatic rings. The number of hydrogen-bond acceptors (Lipinski definition) is 4. The van der Waals surface area contributed by atoms with E-state index < -0.39 is 0 Å². The first-order valence-electron chi connectivity index (χ1n) is 11.8. The molecule has 162 valence electrons. The predicted molar refractivity (Wildman–Crippen MR) is 118 cm³/mol. The first kappa shape index (κ1) is 21.1. The number of nitrogens with zero attached hydrogens (tertiary/aromatic N) is 2. The molecule has 4 rings (SSSR count). The van der Waals surface area contributed by atoms with Gasteiger partial charge in [0.15, 0.2) is 0 Å². The summed E-state index contributed by atoms with van der Waals surface area (Å²) in [4.78, 5) is 5.22. The van der Waals surface area contributed by atoms with Crippen LogP contribution < -0.4 is 4.74 Å². The molecule has 2 saturated heterocycles. The van der Waals surface area contributed by atoms with E-state index in [0.717, 1.165) is 43.3 Å². The fraction of sp³-hybridized carbons (Fsp3) is 0.760. The maximum absolute atomic E-state index is 6.03. The molecule has 3 fully saturated rings. The van der Waals surface area contributed by atoms with E-state index in [9.17, 15) is 0 Å². The van der Waals surface area contributed by atoms with Crippen molar-refractivity contribution in [2.24, 2.45) is 17.8 Å². The van der Waals surface area contributed by atoms with Crippen LogP contribution >= 0.6 is 0 Å². The van der Waals surface area contributed by atoms with Crippen molar-refractivity contribution >= 4 is 0 Å². The van der Waals surface area contributed by atoms with Crippen LogP contribution in [0, 0.1) is 17.8 Å². The zero-order valence-electron chi connectivity index (χ0n) is 18.7. The average molecular weight is 401 g/mol. The highest BCUT2D eigenvalue weighted by atomic mass is 16.5. The lowest BCUT2D eigenvalue weighted by molar-refractivity contribution is 0.0967. The van der Waals surface area contributed by atoms with Gasteiger partial charge >= 0.3 is 0 Å². The number of benzene rings is 1. The van der Waals surface area contributed by atoms with Gasteiger partial charge in [-0.1, -0.05) is 18.6 Å². The van der Waals surface area contributed by atoms with E-state index in [4.69, 9.17) is 9.47 Å². The molecule has 2 aliphatic heterocycles. The summed E-state index contributed by atoms with van der Waals surface area (Å²) in [5.41, 5.74) is 1.25. The van der Waals surface area contributed by atoms with Gasteiger partial charge in [-0.05, 0) is 88.6 Å². The van der Waals surface area contributed by atoms with E-state index >= 15 is 0 Å². The van der Waals surface area contributed by atoms with Gasteiger partial charge in [-0.25, -0.2) is 0 Å². The van der Waals surface area contributed by atoms with Gasteiger partial charge in [0.25, 0.3) is 0 Å². The molecule has 1 unspecified atom stereocenters. The van der Waals surface area contributed by atoms with Crippen LogP contribution in [-0.2, 0) is 11.3 Å². The lowest BCUT2D eigenvalue weighted by atomic mass is 10.1. The minimum absolute atomic E-state index is 0.137. The van der Waals surface area contributed by atoms with E-state index in [1.165, 1.54) is 64.0 Å². The van der Waals surface area contributed by atoms with E-state index in [2.05, 4.69) is 54.8 Å². The van der Waals surface area contributed by atoms with Crippen molar-refractivity contribution in [3.8, 4) is 5.75 Å². The molecule has 0 amide bonds. The normalized spacial score (nSPS) is 27.8. The lowest BCUT2D eigenvalue weighted by Gasteiger charge is -2.26. The molecule has 0 bridgehead atoms. The molecule has 1 aromatic rings. The maximum atomic E-state index is 6.03. The molecule has 0 N–H and O–H groups in total. The van der Waals surface area contributed by atoms with Crippen LogP contribution in [0.15, 0.2) is 24.3 Å². The van der Waals surface area contributed by atoms with Crippen LogP contribution in [0.3, 0.4) is 0 Å². The second kappa shape index (κ2) is 9.36. The smallest absolute Gasteiger partial charge is 0.120 e. The topological polar surface area (TPSA) is 24.9 Å². The summed E-state index contributed by atoms with van der Waals surface area (Å²) in [5.74, 6) is 3.54. The minimum atomic E-state index is -0.137. The number of rotatable bonds is 9. The lowest BCUT2D eigenvalue weighted by Crippen LogP contribution is -2.31. The van der Waals surface area contributed by atoms with Crippen molar-refractivity contribution in [2.75, 3.05) is 45.9 Å². The van der Waals surface area contributed by atoms with Crippen LogP contribution in [-0.4, -0.2) is 61.3 Å². The third kappa shape index (κ3) is 6.19. The van der Waals surface area contributed by atoms with Gasteiger partial charge in [0.2, 0.25) is 0 Å². The Kier molecular flexibility index (Phi) is 6.83. The molecule has 4 nitrogen and oxygen atoms in total. The third-order valence-electron chi connectivity index (χ3n) is 6.72. The first-order chi connectivity index (χ1) is 14.0. The van der Waals surface area contributed by atoms with Crippen LogP contribution in [0.25, 0.3) is 0 Å². The van der Waals surface area contributed by atoms with Crippen LogP contribution in [0.2, 0.25) is 0 Å². The predicted octanol–water partition coefficient (Wildman–Crippen LogP) is 4.43. The Morgan fingerprint density at radius 3 is 2.28 bits per heavy atom. The second-order valence-corrected chi connectivity index (χ2v) is 10.4. The zero-order valence-corrected chi connectivity index (χ0v) is 18.7. The Morgan fingerprint density at radius 2 is 1.62 bits per heavy atom. The van der Waals surface area contributed by atoms with Crippen molar-refractivity contribution in [1.82, 2.24) is 9.80 Å². The summed E-state index contributed by atoms with van der Waals surface area (Å²) in [6.07, 6.45) is 5.39. The van der Waals surface area contributed by atoms with Gasteiger partial charge in [0, 0.05) is 32.8 Å². The number of fused-ring (bicyclic) bond motifs is 1. The maximum Gasteiger partial charge on any atom is 0.120 e. The summed E-state index contributed by atoms with van der Waals surface area (Å²) in [5, 5.41) is 0. The highest BCUT2D eigenvalue weighted by molar-refractivity contribution is 5.28. The molecule has 1 saturated carbocycles. The highest BCUT2D eigenvalue weighted by Gasteiger charge is 2.55. The largest absolute Gasteiger partial charge is 0.488 e. The van der Waals surface area contributed by atoms with E-state index in [1.807, 2.05) is 0 Å². The van der Waals surface area contributed by atoms with Crippen molar-refractivity contribution < 1.29 is 9.47 Å². The first-order valence-corrected chi connectivity index (χ1v) is 11.8. The highest BCUT2D eigenvalue weighted by Crippen LogP contribution is 2.52. The molecule has 0 aromatic heterocycles. The Labute approximate surface area is 177 Å². The molecule has 0 spiro atoms. The SMILES string of the molecule is CC(C)(C)Oc1ccc(CN2C[C@@H]3C(COCCCN4CCCCC4)[C@@H]3C2)cc1. The van der Waals surface area contributed by atoms with Crippen molar-refractivity contribution in [3.05, 3.63) is 29.8 Å². The van der Waals surface area contributed by atoms with Crippen molar-refractivity contribution in [1.29, 1.82) is 0 Å². The van der Waals surface area contributed by atoms with Gasteiger partial charge in [-0.2, -0.15) is 0 Å². The van der Waals surface area contributed by atoms with Gasteiger partial charge in [0.05, 0.1) is 6.61 Å². The van der Waals surface area contributed by atoms with Crippen molar-refractivity contribution in [3.63, 3.8) is 0 Å². The van der Waals surface area contributed by atoms with E-state index in [-0.39, 0.29) is 5.60 Å². The standard InChI is InChI=1S/C25H40N2O2/c1-25(2,3)29-21-10-8-20(9-11-21)16-27-17-22-23(18-27)24(22)19-28-15-7-14-26-12-5-4-6-13-26/h8-11,22-24H,4-7,12-19H2,1-3H3/t22-,23+,24?. The summed E-state index contributed by atoms with van der Waals surface area (Å²) >= 11 is 0. The van der Waals surface area contributed by atoms with Crippen LogP contribution in [0.5, 0.6) is 5.75 Å². The van der Waals surface area contributed by atoms with Gasteiger partial charge in [-0.15, -0.1) is 0 Å². The molecule has 1 aromatic carbocycles. The van der Waals surface area contributed by atoms with Crippen LogP contribution in [0.1, 0.15) is 52.0 Å². The number of hydrogen-bond donors (Lipinski definition) is 0. The number of ether oxygens (including phenoxy) is 2. The zero-order chi connectivity index (χ0) is 20.3. The summed E-state index contributed by atoms with van der Waals surface area (Å²) in [6.45, 7) is 15.6. The van der Waals surface area contributed by atoms with E-state index in [0.29, 0.717) is 0 Å². The van der Waals surface area contributed by atoms with Crippen LogP contribution in [0.4, 0.5) is 0 Å².